The lowest BCUT2D eigenvalue weighted by Crippen LogP contribution is -2.32. The molecule has 3 nitrogen and oxygen atoms in total. The van der Waals surface area contributed by atoms with E-state index in [2.05, 4.69) is 11.9 Å². The molecule has 0 aliphatic heterocycles. The first kappa shape index (κ1) is 12.2. The highest BCUT2D eigenvalue weighted by molar-refractivity contribution is 5.78. The topological polar surface area (TPSA) is 38.3 Å². The number of amides is 1. The van der Waals surface area contributed by atoms with Gasteiger partial charge in [0.2, 0.25) is 5.91 Å². The average Bonchev–Trinajstić information content (AvgIpc) is 2.98. The van der Waals surface area contributed by atoms with Gasteiger partial charge in [-0.2, -0.15) is 0 Å². The van der Waals surface area contributed by atoms with Crippen LogP contribution in [0.2, 0.25) is 0 Å². The predicted molar refractivity (Wildman–Crippen MR) is 60.5 cm³/mol. The highest BCUT2D eigenvalue weighted by Gasteiger charge is 2.32. The van der Waals surface area contributed by atoms with E-state index in [0.717, 1.165) is 5.57 Å². The molecule has 1 amide bonds. The molecule has 3 heteroatoms. The van der Waals surface area contributed by atoms with Gasteiger partial charge in [-0.25, -0.2) is 0 Å². The van der Waals surface area contributed by atoms with E-state index in [4.69, 9.17) is 4.74 Å². The van der Waals surface area contributed by atoms with E-state index in [0.29, 0.717) is 25.7 Å². The molecular weight excluding hydrogens is 190 g/mol. The summed E-state index contributed by atoms with van der Waals surface area (Å²) in [6, 6.07) is 0. The van der Waals surface area contributed by atoms with Crippen LogP contribution in [-0.2, 0) is 9.53 Å². The van der Waals surface area contributed by atoms with Crippen LogP contribution in [0.3, 0.4) is 0 Å². The zero-order valence-corrected chi connectivity index (χ0v) is 9.71. The van der Waals surface area contributed by atoms with Crippen LogP contribution in [0.4, 0.5) is 0 Å². The number of carbonyl (C=O) groups is 1. The molecule has 1 atom stereocenters. The highest BCUT2D eigenvalue weighted by atomic mass is 16.5. The van der Waals surface area contributed by atoms with Gasteiger partial charge >= 0.3 is 0 Å². The summed E-state index contributed by atoms with van der Waals surface area (Å²) in [5.41, 5.74) is 1.01. The molecule has 0 radical (unpaired) electrons. The molecule has 1 unspecified atom stereocenters. The Morgan fingerprint density at radius 3 is 2.80 bits per heavy atom. The zero-order valence-electron chi connectivity index (χ0n) is 9.71. The van der Waals surface area contributed by atoms with Crippen molar-refractivity contribution in [3.63, 3.8) is 0 Å². The smallest absolute Gasteiger partial charge is 0.223 e. The summed E-state index contributed by atoms with van der Waals surface area (Å²) in [5.74, 6) is 0.962. The van der Waals surface area contributed by atoms with Gasteiger partial charge in [-0.3, -0.25) is 4.79 Å². The van der Waals surface area contributed by atoms with Crippen LogP contribution in [0.1, 0.15) is 26.7 Å². The van der Waals surface area contributed by atoms with Gasteiger partial charge in [0.05, 0.1) is 13.2 Å². The molecule has 0 aromatic heterocycles. The van der Waals surface area contributed by atoms with E-state index >= 15 is 0 Å². The minimum absolute atomic E-state index is 0.163. The van der Waals surface area contributed by atoms with Crippen LogP contribution in [-0.4, -0.2) is 25.7 Å². The molecule has 0 bridgehead atoms. The van der Waals surface area contributed by atoms with Crippen LogP contribution in [0, 0.1) is 11.8 Å². The van der Waals surface area contributed by atoms with Crippen LogP contribution in [0.15, 0.2) is 12.2 Å². The Kier molecular flexibility index (Phi) is 4.82. The third kappa shape index (κ3) is 4.98. The molecule has 86 valence electrons. The lowest BCUT2D eigenvalue weighted by molar-refractivity contribution is -0.125. The highest BCUT2D eigenvalue weighted by Crippen LogP contribution is 2.36. The van der Waals surface area contributed by atoms with E-state index in [1.54, 1.807) is 0 Å². The van der Waals surface area contributed by atoms with Gasteiger partial charge < -0.3 is 10.1 Å². The molecule has 0 spiro atoms. The molecule has 1 saturated carbocycles. The number of rotatable bonds is 7. The first-order chi connectivity index (χ1) is 7.11. The van der Waals surface area contributed by atoms with E-state index < -0.39 is 0 Å². The van der Waals surface area contributed by atoms with Gasteiger partial charge in [0.1, 0.15) is 0 Å². The maximum absolute atomic E-state index is 11.5. The first-order valence-electron chi connectivity index (χ1n) is 5.61. The van der Waals surface area contributed by atoms with Gasteiger partial charge in [0, 0.05) is 12.5 Å². The third-order valence-electron chi connectivity index (χ3n) is 2.64. The largest absolute Gasteiger partial charge is 0.375 e. The second kappa shape index (κ2) is 5.91. The lowest BCUT2D eigenvalue weighted by atomic mass is 10.1. The normalized spacial score (nSPS) is 17.2. The van der Waals surface area contributed by atoms with Crippen molar-refractivity contribution < 1.29 is 9.53 Å². The summed E-state index contributed by atoms with van der Waals surface area (Å²) in [7, 11) is 0. The fourth-order valence-electron chi connectivity index (χ4n) is 1.46. The minimum Gasteiger partial charge on any atom is -0.375 e. The molecule has 1 aliphatic carbocycles. The van der Waals surface area contributed by atoms with E-state index in [9.17, 15) is 4.79 Å². The number of ether oxygens (including phenoxy) is 1. The van der Waals surface area contributed by atoms with Crippen molar-refractivity contribution in [3.05, 3.63) is 12.2 Å². The van der Waals surface area contributed by atoms with E-state index in [1.807, 2.05) is 13.8 Å². The fourth-order valence-corrected chi connectivity index (χ4v) is 1.46. The predicted octanol–water partition coefficient (Wildman–Crippen LogP) is 1.74. The Bertz CT molecular complexity index is 234. The summed E-state index contributed by atoms with van der Waals surface area (Å²) in [4.78, 5) is 11.5. The fraction of sp³-hybridized carbons (Fsp3) is 0.750. The van der Waals surface area contributed by atoms with Gasteiger partial charge in [-0.1, -0.05) is 19.1 Å². The quantitative estimate of drug-likeness (QED) is 0.514. The standard InChI is InChI=1S/C12H21NO2/c1-9(2)8-15-7-6-13-12(14)10(3)11-4-5-11/h10-11H,1,4-8H2,2-3H3,(H,13,14). The van der Waals surface area contributed by atoms with Gasteiger partial charge in [0.25, 0.3) is 0 Å². The molecule has 0 aromatic carbocycles. The number of carbonyl (C=O) groups excluding carboxylic acids is 1. The summed E-state index contributed by atoms with van der Waals surface area (Å²) in [6.07, 6.45) is 2.42. The van der Waals surface area contributed by atoms with Crippen molar-refractivity contribution in [3.8, 4) is 0 Å². The molecule has 1 rings (SSSR count). The molecule has 1 fully saturated rings. The number of hydrogen-bond donors (Lipinski definition) is 1. The van der Waals surface area contributed by atoms with Crippen molar-refractivity contribution in [2.75, 3.05) is 19.8 Å². The van der Waals surface area contributed by atoms with Gasteiger partial charge in [-0.15, -0.1) is 0 Å². The third-order valence-corrected chi connectivity index (χ3v) is 2.64. The Labute approximate surface area is 91.9 Å². The summed E-state index contributed by atoms with van der Waals surface area (Å²) >= 11 is 0. The van der Waals surface area contributed by atoms with Crippen LogP contribution in [0.5, 0.6) is 0 Å². The van der Waals surface area contributed by atoms with Crippen molar-refractivity contribution in [1.29, 1.82) is 0 Å². The maximum Gasteiger partial charge on any atom is 0.223 e. The van der Waals surface area contributed by atoms with Crippen LogP contribution in [0.25, 0.3) is 0 Å². The van der Waals surface area contributed by atoms with E-state index in [-0.39, 0.29) is 11.8 Å². The first-order valence-corrected chi connectivity index (χ1v) is 5.61. The molecule has 0 saturated heterocycles. The molecule has 0 heterocycles. The van der Waals surface area contributed by atoms with E-state index in [1.165, 1.54) is 12.8 Å². The number of hydrogen-bond acceptors (Lipinski definition) is 2. The van der Waals surface area contributed by atoms with Gasteiger partial charge in [0.15, 0.2) is 0 Å². The Morgan fingerprint density at radius 2 is 2.27 bits per heavy atom. The van der Waals surface area contributed by atoms with Crippen LogP contribution < -0.4 is 5.32 Å². The monoisotopic (exact) mass is 211 g/mol. The summed E-state index contributed by atoms with van der Waals surface area (Å²) < 4.78 is 5.29. The average molecular weight is 211 g/mol. The second-order valence-electron chi connectivity index (χ2n) is 4.43. The Balaban J connectivity index is 1.99. The lowest BCUT2D eigenvalue weighted by Gasteiger charge is -2.11. The SMILES string of the molecule is C=C(C)COCCNC(=O)C(C)C1CC1. The second-order valence-corrected chi connectivity index (χ2v) is 4.43. The van der Waals surface area contributed by atoms with Crippen molar-refractivity contribution in [2.45, 2.75) is 26.7 Å². The molecule has 15 heavy (non-hydrogen) atoms. The molecule has 1 N–H and O–H groups in total. The Morgan fingerprint density at radius 1 is 1.60 bits per heavy atom. The van der Waals surface area contributed by atoms with Crippen molar-refractivity contribution in [2.24, 2.45) is 11.8 Å². The molecule has 0 aromatic rings. The summed E-state index contributed by atoms with van der Waals surface area (Å²) in [6.45, 7) is 9.40. The van der Waals surface area contributed by atoms with Crippen molar-refractivity contribution >= 4 is 5.91 Å². The van der Waals surface area contributed by atoms with Gasteiger partial charge in [-0.05, 0) is 25.7 Å². The Hall–Kier alpha value is -0.830. The summed E-state index contributed by atoms with van der Waals surface area (Å²) in [5, 5.41) is 2.88. The zero-order chi connectivity index (χ0) is 11.3. The number of nitrogens with one attached hydrogen (secondary N) is 1. The molecular formula is C12H21NO2. The van der Waals surface area contributed by atoms with Crippen molar-refractivity contribution in [1.82, 2.24) is 5.32 Å². The minimum atomic E-state index is 0.163. The van der Waals surface area contributed by atoms with Crippen LogP contribution >= 0.6 is 0 Å². The molecule has 1 aliphatic rings. The maximum atomic E-state index is 11.5.